The fourth-order valence-electron chi connectivity index (χ4n) is 2.99. The number of aromatic nitrogens is 4. The molecule has 1 aromatic heterocycles. The van der Waals surface area contributed by atoms with Gasteiger partial charge < -0.3 is 5.32 Å². The SMILES string of the molecule is O=C(CCn1cnnn1)NCC(c1ccc(Cl)cc1)N1CCCC1. The zero-order valence-corrected chi connectivity index (χ0v) is 14.2. The first kappa shape index (κ1) is 16.9. The minimum atomic E-state index is 0.00339. The Morgan fingerprint density at radius 1 is 1.25 bits per heavy atom. The van der Waals surface area contributed by atoms with Gasteiger partial charge in [-0.15, -0.1) is 5.10 Å². The molecule has 0 radical (unpaired) electrons. The van der Waals surface area contributed by atoms with Crippen molar-refractivity contribution >= 4 is 17.5 Å². The number of nitrogens with one attached hydrogen (secondary N) is 1. The molecule has 1 aromatic carbocycles. The molecule has 1 amide bonds. The predicted molar refractivity (Wildman–Crippen MR) is 90.4 cm³/mol. The van der Waals surface area contributed by atoms with Crippen molar-refractivity contribution in [2.75, 3.05) is 19.6 Å². The molecule has 0 aliphatic carbocycles. The highest BCUT2D eigenvalue weighted by Crippen LogP contribution is 2.25. The molecule has 1 atom stereocenters. The smallest absolute Gasteiger partial charge is 0.221 e. The van der Waals surface area contributed by atoms with Crippen LogP contribution in [-0.4, -0.2) is 50.6 Å². The van der Waals surface area contributed by atoms with Crippen LogP contribution in [0.4, 0.5) is 0 Å². The first-order valence-electron chi connectivity index (χ1n) is 8.19. The van der Waals surface area contributed by atoms with Gasteiger partial charge >= 0.3 is 0 Å². The maximum atomic E-state index is 12.1. The summed E-state index contributed by atoms with van der Waals surface area (Å²) in [5, 5.41) is 14.6. The van der Waals surface area contributed by atoms with Crippen LogP contribution in [0.2, 0.25) is 5.02 Å². The average molecular weight is 349 g/mol. The first-order chi connectivity index (χ1) is 11.7. The zero-order chi connectivity index (χ0) is 16.8. The van der Waals surface area contributed by atoms with Crippen molar-refractivity contribution in [3.63, 3.8) is 0 Å². The van der Waals surface area contributed by atoms with Gasteiger partial charge in [0, 0.05) is 18.0 Å². The molecular formula is C16H21ClN6O. The number of carbonyl (C=O) groups is 1. The summed E-state index contributed by atoms with van der Waals surface area (Å²) in [5.41, 5.74) is 1.18. The highest BCUT2D eigenvalue weighted by Gasteiger charge is 2.23. The Balaban J connectivity index is 1.57. The summed E-state index contributed by atoms with van der Waals surface area (Å²) in [5.74, 6) is 0.00339. The monoisotopic (exact) mass is 348 g/mol. The van der Waals surface area contributed by atoms with E-state index in [0.29, 0.717) is 19.5 Å². The Kier molecular flexibility index (Phi) is 5.77. The maximum Gasteiger partial charge on any atom is 0.221 e. The predicted octanol–water partition coefficient (Wildman–Crippen LogP) is 1.67. The van der Waals surface area contributed by atoms with Crippen LogP contribution < -0.4 is 5.32 Å². The van der Waals surface area contributed by atoms with E-state index in [-0.39, 0.29) is 11.9 Å². The number of hydrogen-bond donors (Lipinski definition) is 1. The minimum Gasteiger partial charge on any atom is -0.354 e. The summed E-state index contributed by atoms with van der Waals surface area (Å²) in [6.45, 7) is 3.20. The summed E-state index contributed by atoms with van der Waals surface area (Å²) in [7, 11) is 0. The van der Waals surface area contributed by atoms with E-state index in [4.69, 9.17) is 11.6 Å². The number of benzene rings is 1. The van der Waals surface area contributed by atoms with Gasteiger partial charge in [-0.3, -0.25) is 9.69 Å². The molecule has 8 heteroatoms. The van der Waals surface area contributed by atoms with Crippen molar-refractivity contribution in [3.05, 3.63) is 41.2 Å². The van der Waals surface area contributed by atoms with E-state index < -0.39 is 0 Å². The molecule has 1 aliphatic rings. The second-order valence-electron chi connectivity index (χ2n) is 5.94. The molecule has 24 heavy (non-hydrogen) atoms. The van der Waals surface area contributed by atoms with Crippen molar-refractivity contribution in [2.45, 2.75) is 31.8 Å². The molecule has 1 fully saturated rings. The van der Waals surface area contributed by atoms with Crippen molar-refractivity contribution in [2.24, 2.45) is 0 Å². The van der Waals surface area contributed by atoms with Gasteiger partial charge in [0.1, 0.15) is 6.33 Å². The van der Waals surface area contributed by atoms with Crippen LogP contribution in [0, 0.1) is 0 Å². The lowest BCUT2D eigenvalue weighted by molar-refractivity contribution is -0.121. The number of aryl methyl sites for hydroxylation is 1. The number of rotatable bonds is 7. The Morgan fingerprint density at radius 3 is 2.67 bits per heavy atom. The van der Waals surface area contributed by atoms with E-state index in [1.165, 1.54) is 24.7 Å². The number of tetrazole rings is 1. The second-order valence-corrected chi connectivity index (χ2v) is 6.37. The second kappa shape index (κ2) is 8.21. The van der Waals surface area contributed by atoms with Crippen LogP contribution in [0.1, 0.15) is 30.9 Å². The third kappa shape index (κ3) is 4.52. The van der Waals surface area contributed by atoms with E-state index >= 15 is 0 Å². The quantitative estimate of drug-likeness (QED) is 0.823. The number of hydrogen-bond acceptors (Lipinski definition) is 5. The third-order valence-electron chi connectivity index (χ3n) is 4.29. The molecule has 1 N–H and O–H groups in total. The van der Waals surface area contributed by atoms with Crippen molar-refractivity contribution in [1.29, 1.82) is 0 Å². The van der Waals surface area contributed by atoms with Gasteiger partial charge in [-0.2, -0.15) is 0 Å². The molecule has 3 rings (SSSR count). The number of halogens is 1. The van der Waals surface area contributed by atoms with Crippen LogP contribution in [0.5, 0.6) is 0 Å². The first-order valence-corrected chi connectivity index (χ1v) is 8.57. The topological polar surface area (TPSA) is 75.9 Å². The van der Waals surface area contributed by atoms with E-state index in [9.17, 15) is 4.79 Å². The standard InChI is InChI=1S/C16H21ClN6O/c17-14-5-3-13(4-6-14)15(22-8-1-2-9-22)11-18-16(24)7-10-23-12-19-20-21-23/h3-6,12,15H,1-2,7-11H2,(H,18,24). The molecule has 1 unspecified atom stereocenters. The molecule has 0 bridgehead atoms. The molecule has 0 spiro atoms. The van der Waals surface area contributed by atoms with Gasteiger partial charge in [0.2, 0.25) is 5.91 Å². The van der Waals surface area contributed by atoms with Crippen LogP contribution in [0.3, 0.4) is 0 Å². The number of carbonyl (C=O) groups excluding carboxylic acids is 1. The van der Waals surface area contributed by atoms with Crippen molar-refractivity contribution < 1.29 is 4.79 Å². The highest BCUT2D eigenvalue weighted by molar-refractivity contribution is 6.30. The molecular weight excluding hydrogens is 328 g/mol. The lowest BCUT2D eigenvalue weighted by Gasteiger charge is -2.28. The minimum absolute atomic E-state index is 0.00339. The fourth-order valence-corrected chi connectivity index (χ4v) is 3.12. The van der Waals surface area contributed by atoms with Gasteiger partial charge in [-0.05, 0) is 54.1 Å². The maximum absolute atomic E-state index is 12.1. The van der Waals surface area contributed by atoms with Crippen molar-refractivity contribution in [3.8, 4) is 0 Å². The Bertz CT molecular complexity index is 639. The van der Waals surface area contributed by atoms with E-state index in [1.54, 1.807) is 4.68 Å². The van der Waals surface area contributed by atoms with Crippen LogP contribution >= 0.6 is 11.6 Å². The average Bonchev–Trinajstić information content (AvgIpc) is 3.28. The van der Waals surface area contributed by atoms with Crippen LogP contribution in [-0.2, 0) is 11.3 Å². The Morgan fingerprint density at radius 2 is 2.00 bits per heavy atom. The summed E-state index contributed by atoms with van der Waals surface area (Å²) in [6.07, 6.45) is 4.28. The largest absolute Gasteiger partial charge is 0.354 e. The molecule has 0 saturated carbocycles. The van der Waals surface area contributed by atoms with Gasteiger partial charge in [0.15, 0.2) is 0 Å². The Hall–Kier alpha value is -1.99. The van der Waals surface area contributed by atoms with Crippen molar-refractivity contribution in [1.82, 2.24) is 30.4 Å². The van der Waals surface area contributed by atoms with Gasteiger partial charge in [0.05, 0.1) is 12.6 Å². The van der Waals surface area contributed by atoms with E-state index in [2.05, 4.69) is 25.7 Å². The van der Waals surface area contributed by atoms with E-state index in [1.807, 2.05) is 24.3 Å². The number of likely N-dealkylation sites (tertiary alicyclic amines) is 1. The fraction of sp³-hybridized carbons (Fsp3) is 0.500. The molecule has 128 valence electrons. The molecule has 1 aliphatic heterocycles. The zero-order valence-electron chi connectivity index (χ0n) is 13.4. The molecule has 2 heterocycles. The molecule has 7 nitrogen and oxygen atoms in total. The third-order valence-corrected chi connectivity index (χ3v) is 4.54. The van der Waals surface area contributed by atoms with E-state index in [0.717, 1.165) is 18.1 Å². The summed E-state index contributed by atoms with van der Waals surface area (Å²) in [6, 6.07) is 8.07. The van der Waals surface area contributed by atoms with Gasteiger partial charge in [-0.1, -0.05) is 23.7 Å². The lowest BCUT2D eigenvalue weighted by Crippen LogP contribution is -2.37. The van der Waals surface area contributed by atoms with Gasteiger partial charge in [0.25, 0.3) is 0 Å². The lowest BCUT2D eigenvalue weighted by atomic mass is 10.1. The van der Waals surface area contributed by atoms with Gasteiger partial charge in [-0.25, -0.2) is 4.68 Å². The summed E-state index contributed by atoms with van der Waals surface area (Å²) < 4.78 is 1.55. The number of amides is 1. The molecule has 2 aromatic rings. The Labute approximate surface area is 146 Å². The number of nitrogens with zero attached hydrogens (tertiary/aromatic N) is 5. The summed E-state index contributed by atoms with van der Waals surface area (Å²) in [4.78, 5) is 14.5. The van der Waals surface area contributed by atoms with Crippen LogP contribution in [0.15, 0.2) is 30.6 Å². The van der Waals surface area contributed by atoms with Crippen LogP contribution in [0.25, 0.3) is 0 Å². The molecule has 1 saturated heterocycles. The highest BCUT2D eigenvalue weighted by atomic mass is 35.5. The normalized spacial score (nSPS) is 16.2. The summed E-state index contributed by atoms with van der Waals surface area (Å²) >= 11 is 5.99.